The lowest BCUT2D eigenvalue weighted by atomic mass is 10.1. The third kappa shape index (κ3) is 4.60. The number of alkyl halides is 3. The van der Waals surface area contributed by atoms with E-state index in [1.165, 1.54) is 0 Å². The highest BCUT2D eigenvalue weighted by molar-refractivity contribution is 6.31. The summed E-state index contributed by atoms with van der Waals surface area (Å²) in [5.74, 6) is -0.479. The van der Waals surface area contributed by atoms with Crippen molar-refractivity contribution in [3.8, 4) is 0 Å². The van der Waals surface area contributed by atoms with Crippen molar-refractivity contribution in [2.75, 3.05) is 20.6 Å². The van der Waals surface area contributed by atoms with Crippen LogP contribution in [0.15, 0.2) is 24.3 Å². The lowest BCUT2D eigenvalue weighted by molar-refractivity contribution is -0.153. The van der Waals surface area contributed by atoms with Gasteiger partial charge in [0.05, 0.1) is 6.04 Å². The van der Waals surface area contributed by atoms with Gasteiger partial charge in [-0.3, -0.25) is 4.79 Å². The number of nitrogens with one attached hydrogen (secondary N) is 3. The average molecular weight is 365 g/mol. The quantitative estimate of drug-likeness (QED) is 0.746. The molecule has 2 rings (SSSR count). The zero-order valence-electron chi connectivity index (χ0n) is 13.3. The molecule has 0 radical (unpaired) electrons. The van der Waals surface area contributed by atoms with Crippen molar-refractivity contribution in [1.29, 1.82) is 0 Å². The van der Waals surface area contributed by atoms with Crippen LogP contribution in [0.5, 0.6) is 0 Å². The molecule has 0 saturated carbocycles. The van der Waals surface area contributed by atoms with E-state index in [9.17, 15) is 18.0 Å². The van der Waals surface area contributed by atoms with Crippen LogP contribution in [0.1, 0.15) is 18.0 Å². The summed E-state index contributed by atoms with van der Waals surface area (Å²) in [5, 5.41) is 3.27. The van der Waals surface area contributed by atoms with Crippen LogP contribution >= 0.6 is 11.6 Å². The first kappa shape index (κ1) is 19.0. The normalized spacial score (nSPS) is 22.6. The van der Waals surface area contributed by atoms with Crippen LogP contribution in [-0.4, -0.2) is 49.7 Å². The molecule has 1 amide bonds. The standard InChI is InChI=1S/C15H20ClF3N4O/c1-23(2)12(9-5-3-4-6-10(9)16)8-20-14(24)11-7-13(22-21-11)15(17,18)19/h3-6,11-13,21-22H,7-8H2,1-2H3,(H,20,24). The molecule has 3 unspecified atom stereocenters. The third-order valence-corrected chi connectivity index (χ3v) is 4.32. The number of carbonyl (C=O) groups is 1. The summed E-state index contributed by atoms with van der Waals surface area (Å²) in [5.41, 5.74) is 5.35. The van der Waals surface area contributed by atoms with Gasteiger partial charge in [0.2, 0.25) is 5.91 Å². The van der Waals surface area contributed by atoms with Crippen molar-refractivity contribution in [2.24, 2.45) is 0 Å². The summed E-state index contributed by atoms with van der Waals surface area (Å²) in [7, 11) is 3.68. The van der Waals surface area contributed by atoms with Crippen molar-refractivity contribution in [1.82, 2.24) is 21.1 Å². The van der Waals surface area contributed by atoms with E-state index in [0.29, 0.717) is 5.02 Å². The van der Waals surface area contributed by atoms with Gasteiger partial charge in [-0.25, -0.2) is 10.9 Å². The molecule has 1 fully saturated rings. The second-order valence-electron chi connectivity index (χ2n) is 5.92. The summed E-state index contributed by atoms with van der Waals surface area (Å²) < 4.78 is 37.9. The van der Waals surface area contributed by atoms with Gasteiger partial charge in [-0.15, -0.1) is 0 Å². The molecule has 5 nitrogen and oxygen atoms in total. The predicted molar refractivity (Wildman–Crippen MR) is 85.4 cm³/mol. The van der Waals surface area contributed by atoms with Crippen molar-refractivity contribution in [3.05, 3.63) is 34.9 Å². The van der Waals surface area contributed by atoms with Crippen molar-refractivity contribution >= 4 is 17.5 Å². The Balaban J connectivity index is 1.96. The smallest absolute Gasteiger partial charge is 0.353 e. The number of nitrogens with zero attached hydrogens (tertiary/aromatic N) is 1. The molecule has 1 aliphatic heterocycles. The minimum absolute atomic E-state index is 0.185. The highest BCUT2D eigenvalue weighted by atomic mass is 35.5. The lowest BCUT2D eigenvalue weighted by Gasteiger charge is -2.26. The fourth-order valence-corrected chi connectivity index (χ4v) is 2.84. The number of likely N-dealkylation sites (N-methyl/N-ethyl adjacent to an activating group) is 1. The number of hydrogen-bond acceptors (Lipinski definition) is 4. The molecule has 24 heavy (non-hydrogen) atoms. The van der Waals surface area contributed by atoms with Crippen LogP contribution in [0.4, 0.5) is 13.2 Å². The molecule has 1 heterocycles. The van der Waals surface area contributed by atoms with Gasteiger partial charge in [0.15, 0.2) is 0 Å². The molecule has 0 aromatic heterocycles. The third-order valence-electron chi connectivity index (χ3n) is 3.97. The Hall–Kier alpha value is -1.35. The molecule has 3 N–H and O–H groups in total. The van der Waals surface area contributed by atoms with Crippen LogP contribution in [-0.2, 0) is 4.79 Å². The average Bonchev–Trinajstić information content (AvgIpc) is 2.98. The molecule has 134 valence electrons. The van der Waals surface area contributed by atoms with Crippen LogP contribution in [0.3, 0.4) is 0 Å². The highest BCUT2D eigenvalue weighted by Gasteiger charge is 2.45. The first-order chi connectivity index (χ1) is 11.2. The van der Waals surface area contributed by atoms with Crippen molar-refractivity contribution in [2.45, 2.75) is 30.7 Å². The molecule has 3 atom stereocenters. The minimum atomic E-state index is -4.38. The topological polar surface area (TPSA) is 56.4 Å². The second-order valence-corrected chi connectivity index (χ2v) is 6.32. The molecule has 0 spiro atoms. The molecule has 9 heteroatoms. The van der Waals surface area contributed by atoms with E-state index in [1.807, 2.05) is 37.2 Å². The van der Waals surface area contributed by atoms with E-state index >= 15 is 0 Å². The number of rotatable bonds is 5. The Kier molecular flexibility index (Phi) is 6.08. The summed E-state index contributed by atoms with van der Waals surface area (Å²) >= 11 is 6.19. The fourth-order valence-electron chi connectivity index (χ4n) is 2.58. The Morgan fingerprint density at radius 2 is 2.04 bits per heavy atom. The van der Waals surface area contributed by atoms with E-state index in [1.54, 1.807) is 6.07 Å². The van der Waals surface area contributed by atoms with Gasteiger partial charge in [0.25, 0.3) is 0 Å². The SMILES string of the molecule is CN(C)C(CNC(=O)C1CC(C(F)(F)F)NN1)c1ccccc1Cl. The number of hydrazine groups is 1. The van der Waals surface area contributed by atoms with Crippen LogP contribution in [0, 0.1) is 0 Å². The Labute approximate surface area is 143 Å². The van der Waals surface area contributed by atoms with Crippen LogP contribution in [0.2, 0.25) is 5.02 Å². The first-order valence-electron chi connectivity index (χ1n) is 7.46. The molecule has 1 aromatic carbocycles. The van der Waals surface area contributed by atoms with Gasteiger partial charge in [-0.2, -0.15) is 13.2 Å². The monoisotopic (exact) mass is 364 g/mol. The molecular weight excluding hydrogens is 345 g/mol. The lowest BCUT2D eigenvalue weighted by Crippen LogP contribution is -2.46. The first-order valence-corrected chi connectivity index (χ1v) is 7.84. The van der Waals surface area contributed by atoms with Gasteiger partial charge < -0.3 is 10.2 Å². The molecule has 0 aliphatic carbocycles. The Morgan fingerprint density at radius 3 is 2.58 bits per heavy atom. The van der Waals surface area contributed by atoms with Crippen molar-refractivity contribution < 1.29 is 18.0 Å². The van der Waals surface area contributed by atoms with E-state index in [0.717, 1.165) is 5.56 Å². The number of amides is 1. The maximum Gasteiger partial charge on any atom is 0.405 e. The number of benzene rings is 1. The molecule has 0 bridgehead atoms. The van der Waals surface area contributed by atoms with Gasteiger partial charge in [-0.05, 0) is 32.1 Å². The summed E-state index contributed by atoms with van der Waals surface area (Å²) in [6, 6.07) is 4.43. The van der Waals surface area contributed by atoms with E-state index in [2.05, 4.69) is 16.2 Å². The van der Waals surface area contributed by atoms with Gasteiger partial charge >= 0.3 is 6.18 Å². The van der Waals surface area contributed by atoms with E-state index in [-0.39, 0.29) is 19.0 Å². The van der Waals surface area contributed by atoms with Gasteiger partial charge in [0.1, 0.15) is 12.1 Å². The van der Waals surface area contributed by atoms with E-state index in [4.69, 9.17) is 11.6 Å². The van der Waals surface area contributed by atoms with Crippen LogP contribution in [0.25, 0.3) is 0 Å². The highest BCUT2D eigenvalue weighted by Crippen LogP contribution is 2.27. The van der Waals surface area contributed by atoms with Crippen LogP contribution < -0.4 is 16.2 Å². The number of carbonyl (C=O) groups excluding carboxylic acids is 1. The summed E-state index contributed by atoms with van der Waals surface area (Å²) in [4.78, 5) is 14.0. The maximum absolute atomic E-state index is 12.6. The largest absolute Gasteiger partial charge is 0.405 e. The molecule has 1 aromatic rings. The zero-order chi connectivity index (χ0) is 17.9. The van der Waals surface area contributed by atoms with E-state index < -0.39 is 24.2 Å². The van der Waals surface area contributed by atoms with Crippen molar-refractivity contribution in [3.63, 3.8) is 0 Å². The molecule has 1 saturated heterocycles. The maximum atomic E-state index is 12.6. The zero-order valence-corrected chi connectivity index (χ0v) is 14.1. The molecule has 1 aliphatic rings. The second kappa shape index (κ2) is 7.69. The predicted octanol–water partition coefficient (Wildman–Crippen LogP) is 1.86. The minimum Gasteiger partial charge on any atom is -0.353 e. The summed E-state index contributed by atoms with van der Waals surface area (Å²) in [6.45, 7) is 0.241. The number of halogens is 4. The Morgan fingerprint density at radius 1 is 1.38 bits per heavy atom. The number of hydrogen-bond donors (Lipinski definition) is 3. The summed E-state index contributed by atoms with van der Waals surface area (Å²) in [6.07, 6.45) is -4.72. The van der Waals surface area contributed by atoms with Gasteiger partial charge in [-0.1, -0.05) is 29.8 Å². The van der Waals surface area contributed by atoms with Gasteiger partial charge in [0, 0.05) is 11.6 Å². The fraction of sp³-hybridized carbons (Fsp3) is 0.533. The Bertz CT molecular complexity index is 582. The molecular formula is C15H20ClF3N4O.